The summed E-state index contributed by atoms with van der Waals surface area (Å²) in [5.74, 6) is 0.767. The van der Waals surface area contributed by atoms with E-state index in [4.69, 9.17) is 0 Å². The van der Waals surface area contributed by atoms with Crippen LogP contribution in [0.15, 0.2) is 18.2 Å². The van der Waals surface area contributed by atoms with Gasteiger partial charge < -0.3 is 15.5 Å². The first-order valence-corrected chi connectivity index (χ1v) is 7.49. The summed E-state index contributed by atoms with van der Waals surface area (Å²) in [6, 6.07) is 6.45. The second kappa shape index (κ2) is 5.44. The van der Waals surface area contributed by atoms with Gasteiger partial charge in [-0.3, -0.25) is 4.79 Å². The number of fused-ring (bicyclic) bond motifs is 3. The van der Waals surface area contributed by atoms with Crippen molar-refractivity contribution < 1.29 is 4.79 Å². The van der Waals surface area contributed by atoms with Crippen molar-refractivity contribution in [3.05, 3.63) is 29.3 Å². The standard InChI is InChI=1S/C16H23N3O/c1-11-13(16(20)17-2)4-3-5-14(11)18-15-10-19-8-6-12(15)7-9-19/h3-5,12,15,18H,6-10H2,1-2H3,(H,17,20). The summed E-state index contributed by atoms with van der Waals surface area (Å²) in [6.07, 6.45) is 2.59. The summed E-state index contributed by atoms with van der Waals surface area (Å²) in [7, 11) is 1.68. The van der Waals surface area contributed by atoms with Crippen molar-refractivity contribution >= 4 is 11.6 Å². The summed E-state index contributed by atoms with van der Waals surface area (Å²) in [6.45, 7) is 5.66. The van der Waals surface area contributed by atoms with Crippen LogP contribution in [0.5, 0.6) is 0 Å². The largest absolute Gasteiger partial charge is 0.381 e. The Morgan fingerprint density at radius 3 is 2.65 bits per heavy atom. The number of rotatable bonds is 3. The highest BCUT2D eigenvalue weighted by atomic mass is 16.1. The first-order chi connectivity index (χ1) is 9.69. The summed E-state index contributed by atoms with van der Waals surface area (Å²) in [4.78, 5) is 14.4. The lowest BCUT2D eigenvalue weighted by Gasteiger charge is -2.45. The van der Waals surface area contributed by atoms with Crippen LogP contribution in [0.2, 0.25) is 0 Å². The van der Waals surface area contributed by atoms with Gasteiger partial charge in [-0.25, -0.2) is 0 Å². The number of benzene rings is 1. The molecule has 0 radical (unpaired) electrons. The maximum Gasteiger partial charge on any atom is 0.251 e. The molecule has 4 rings (SSSR count). The summed E-state index contributed by atoms with van der Waals surface area (Å²) >= 11 is 0. The van der Waals surface area contributed by atoms with Gasteiger partial charge in [0.1, 0.15) is 0 Å². The van der Waals surface area contributed by atoms with E-state index < -0.39 is 0 Å². The molecule has 1 amide bonds. The molecule has 3 fully saturated rings. The lowest BCUT2D eigenvalue weighted by atomic mass is 9.84. The summed E-state index contributed by atoms with van der Waals surface area (Å²) < 4.78 is 0. The summed E-state index contributed by atoms with van der Waals surface area (Å²) in [5.41, 5.74) is 2.91. The number of nitrogens with one attached hydrogen (secondary N) is 2. The van der Waals surface area contributed by atoms with E-state index in [0.717, 1.165) is 29.3 Å². The maximum atomic E-state index is 11.9. The minimum Gasteiger partial charge on any atom is -0.381 e. The van der Waals surface area contributed by atoms with Crippen molar-refractivity contribution in [1.82, 2.24) is 10.2 Å². The fourth-order valence-electron chi connectivity index (χ4n) is 3.50. The number of hydrogen-bond donors (Lipinski definition) is 2. The Morgan fingerprint density at radius 1 is 1.30 bits per heavy atom. The highest BCUT2D eigenvalue weighted by Gasteiger charge is 2.34. The van der Waals surface area contributed by atoms with Gasteiger partial charge in [0.25, 0.3) is 5.91 Å². The number of carbonyl (C=O) groups is 1. The minimum absolute atomic E-state index is 0.0138. The third-order valence-corrected chi connectivity index (χ3v) is 4.80. The molecule has 0 aromatic heterocycles. The summed E-state index contributed by atoms with van der Waals surface area (Å²) in [5, 5.41) is 6.38. The quantitative estimate of drug-likeness (QED) is 0.883. The Kier molecular flexibility index (Phi) is 3.66. The number of piperidine rings is 3. The van der Waals surface area contributed by atoms with Crippen LogP contribution in [-0.4, -0.2) is 43.5 Å². The molecule has 3 heterocycles. The van der Waals surface area contributed by atoms with Crippen molar-refractivity contribution in [2.45, 2.75) is 25.8 Å². The van der Waals surface area contributed by atoms with E-state index >= 15 is 0 Å². The fraction of sp³-hybridized carbons (Fsp3) is 0.562. The highest BCUT2D eigenvalue weighted by Crippen LogP contribution is 2.31. The van der Waals surface area contributed by atoms with Gasteiger partial charge in [-0.1, -0.05) is 6.07 Å². The van der Waals surface area contributed by atoms with Crippen molar-refractivity contribution in [3.63, 3.8) is 0 Å². The molecule has 2 N–H and O–H groups in total. The average molecular weight is 273 g/mol. The molecule has 20 heavy (non-hydrogen) atoms. The topological polar surface area (TPSA) is 44.4 Å². The van der Waals surface area contributed by atoms with Gasteiger partial charge in [0.05, 0.1) is 0 Å². The molecule has 0 aliphatic carbocycles. The Balaban J connectivity index is 1.79. The highest BCUT2D eigenvalue weighted by molar-refractivity contribution is 5.96. The number of carbonyl (C=O) groups excluding carboxylic acids is 1. The molecule has 3 saturated heterocycles. The smallest absolute Gasteiger partial charge is 0.251 e. The maximum absolute atomic E-state index is 11.9. The first-order valence-electron chi connectivity index (χ1n) is 7.49. The van der Waals surface area contributed by atoms with E-state index in [2.05, 4.69) is 21.6 Å². The molecule has 4 nitrogen and oxygen atoms in total. The van der Waals surface area contributed by atoms with Gasteiger partial charge in [-0.2, -0.15) is 0 Å². The van der Waals surface area contributed by atoms with Crippen LogP contribution in [0.4, 0.5) is 5.69 Å². The molecule has 1 atom stereocenters. The van der Waals surface area contributed by atoms with E-state index in [1.54, 1.807) is 7.05 Å². The normalized spacial score (nSPS) is 28.2. The zero-order chi connectivity index (χ0) is 14.1. The number of amides is 1. The molecule has 0 saturated carbocycles. The fourth-order valence-corrected chi connectivity index (χ4v) is 3.50. The van der Waals surface area contributed by atoms with Crippen LogP contribution in [0.1, 0.15) is 28.8 Å². The Morgan fingerprint density at radius 2 is 2.05 bits per heavy atom. The minimum atomic E-state index is -0.0138. The van der Waals surface area contributed by atoms with Gasteiger partial charge in [-0.05, 0) is 56.5 Å². The monoisotopic (exact) mass is 273 g/mol. The number of hydrogen-bond acceptors (Lipinski definition) is 3. The van der Waals surface area contributed by atoms with Gasteiger partial charge in [0.2, 0.25) is 0 Å². The van der Waals surface area contributed by atoms with Gasteiger partial charge in [0, 0.05) is 30.9 Å². The molecule has 1 aromatic carbocycles. The second-order valence-electron chi connectivity index (χ2n) is 5.95. The van der Waals surface area contributed by atoms with Crippen LogP contribution >= 0.6 is 0 Å². The molecule has 108 valence electrons. The Hall–Kier alpha value is -1.55. The van der Waals surface area contributed by atoms with E-state index in [1.807, 2.05) is 19.1 Å². The second-order valence-corrected chi connectivity index (χ2v) is 5.95. The molecule has 1 unspecified atom stereocenters. The van der Waals surface area contributed by atoms with E-state index in [-0.39, 0.29) is 5.91 Å². The zero-order valence-electron chi connectivity index (χ0n) is 12.3. The molecular weight excluding hydrogens is 250 g/mol. The van der Waals surface area contributed by atoms with Crippen molar-refractivity contribution in [2.24, 2.45) is 5.92 Å². The molecule has 4 heteroatoms. The third kappa shape index (κ3) is 2.40. The SMILES string of the molecule is CNC(=O)c1cccc(NC2CN3CCC2CC3)c1C. The van der Waals surface area contributed by atoms with Crippen molar-refractivity contribution in [3.8, 4) is 0 Å². The van der Waals surface area contributed by atoms with E-state index in [9.17, 15) is 4.79 Å². The lowest BCUT2D eigenvalue weighted by molar-refractivity contribution is 0.0961. The molecule has 0 spiro atoms. The van der Waals surface area contributed by atoms with Gasteiger partial charge in [-0.15, -0.1) is 0 Å². The lowest BCUT2D eigenvalue weighted by Crippen LogP contribution is -2.53. The molecule has 1 aromatic rings. The zero-order valence-corrected chi connectivity index (χ0v) is 12.3. The van der Waals surface area contributed by atoms with Crippen LogP contribution < -0.4 is 10.6 Å². The molecule has 2 bridgehead atoms. The number of nitrogens with zero attached hydrogens (tertiary/aromatic N) is 1. The van der Waals surface area contributed by atoms with E-state index in [0.29, 0.717) is 6.04 Å². The van der Waals surface area contributed by atoms with Crippen LogP contribution in [0, 0.1) is 12.8 Å². The Labute approximate surface area is 120 Å². The van der Waals surface area contributed by atoms with Gasteiger partial charge in [0.15, 0.2) is 0 Å². The van der Waals surface area contributed by atoms with Gasteiger partial charge >= 0.3 is 0 Å². The van der Waals surface area contributed by atoms with Crippen molar-refractivity contribution in [2.75, 3.05) is 32.0 Å². The molecule has 3 aliphatic rings. The molecular formula is C16H23N3O. The van der Waals surface area contributed by atoms with Crippen molar-refractivity contribution in [1.29, 1.82) is 0 Å². The third-order valence-electron chi connectivity index (χ3n) is 4.80. The first kappa shape index (κ1) is 13.4. The van der Waals surface area contributed by atoms with E-state index in [1.165, 1.54) is 25.9 Å². The predicted octanol–water partition coefficient (Wildman–Crippen LogP) is 1.86. The molecule has 3 aliphatic heterocycles. The van der Waals surface area contributed by atoms with Crippen LogP contribution in [-0.2, 0) is 0 Å². The average Bonchev–Trinajstić information content (AvgIpc) is 2.50. The predicted molar refractivity (Wildman–Crippen MR) is 81.1 cm³/mol. The Bertz CT molecular complexity index is 506. The van der Waals surface area contributed by atoms with Crippen LogP contribution in [0.3, 0.4) is 0 Å². The van der Waals surface area contributed by atoms with Crippen LogP contribution in [0.25, 0.3) is 0 Å². The number of anilines is 1.